The van der Waals surface area contributed by atoms with E-state index in [4.69, 9.17) is 14.5 Å². The largest absolute Gasteiger partial charge is 0.497 e. The van der Waals surface area contributed by atoms with Gasteiger partial charge in [-0.3, -0.25) is 4.79 Å². The summed E-state index contributed by atoms with van der Waals surface area (Å²) in [5, 5.41) is 3.76. The number of likely N-dealkylation sites (N-methyl/N-ethyl adjacent to an activating group) is 1. The summed E-state index contributed by atoms with van der Waals surface area (Å²) >= 11 is 0. The Hall–Kier alpha value is -3.88. The molecule has 5 rings (SSSR count). The standard InChI is InChI=1S/C35H45N5O3/c1-4-43-25-24-40-33-13-9-8-12-32(33)37-35(40)36-30-19-22-39(23-20-30)21-18-29(27-14-16-31(42-3)17-15-27)26-38(2)34(41)28-10-6-5-7-11-28/h5-17,29-30H,4,18-26H2,1-3H3,(H,36,37). The van der Waals surface area contributed by atoms with Gasteiger partial charge in [0.2, 0.25) is 5.95 Å². The number of imidazole rings is 1. The molecule has 1 aromatic heterocycles. The van der Waals surface area contributed by atoms with E-state index in [1.807, 2.05) is 67.4 Å². The molecule has 1 N–H and O–H groups in total. The zero-order valence-electron chi connectivity index (χ0n) is 25.7. The predicted molar refractivity (Wildman–Crippen MR) is 173 cm³/mol. The summed E-state index contributed by atoms with van der Waals surface area (Å²) in [4.78, 5) is 22.5. The second-order valence-electron chi connectivity index (χ2n) is 11.3. The molecule has 2 heterocycles. The number of likely N-dealkylation sites (tertiary alicyclic amines) is 1. The SMILES string of the molecule is CCOCCn1c(NC2CCN(CCC(CN(C)C(=O)c3ccccc3)c3ccc(OC)cc3)CC2)nc2ccccc21. The summed E-state index contributed by atoms with van der Waals surface area (Å²) in [6.07, 6.45) is 3.10. The van der Waals surface area contributed by atoms with E-state index in [0.29, 0.717) is 25.8 Å². The fourth-order valence-corrected chi connectivity index (χ4v) is 5.99. The average molecular weight is 584 g/mol. The van der Waals surface area contributed by atoms with Crippen LogP contribution in [0.15, 0.2) is 78.9 Å². The topological polar surface area (TPSA) is 71.9 Å². The van der Waals surface area contributed by atoms with Crippen LogP contribution in [0.25, 0.3) is 11.0 Å². The van der Waals surface area contributed by atoms with Gasteiger partial charge in [-0.05, 0) is 74.7 Å². The van der Waals surface area contributed by atoms with E-state index in [-0.39, 0.29) is 11.8 Å². The Balaban J connectivity index is 1.19. The first kappa shape index (κ1) is 30.6. The molecular weight excluding hydrogens is 538 g/mol. The zero-order valence-corrected chi connectivity index (χ0v) is 25.7. The Morgan fingerprint density at radius 1 is 1.00 bits per heavy atom. The number of para-hydroxylation sites is 2. The van der Waals surface area contributed by atoms with Crippen molar-refractivity contribution in [2.75, 3.05) is 58.9 Å². The molecule has 228 valence electrons. The monoisotopic (exact) mass is 583 g/mol. The van der Waals surface area contributed by atoms with Gasteiger partial charge in [0.05, 0.1) is 24.8 Å². The number of piperidine rings is 1. The second kappa shape index (κ2) is 15.0. The van der Waals surface area contributed by atoms with Crippen LogP contribution in [0, 0.1) is 0 Å². The maximum absolute atomic E-state index is 13.1. The van der Waals surface area contributed by atoms with Crippen LogP contribution < -0.4 is 10.1 Å². The van der Waals surface area contributed by atoms with Gasteiger partial charge in [-0.2, -0.15) is 0 Å². The van der Waals surface area contributed by atoms with Crippen LogP contribution in [0.3, 0.4) is 0 Å². The molecule has 1 atom stereocenters. The van der Waals surface area contributed by atoms with Gasteiger partial charge in [0.15, 0.2) is 0 Å². The first-order valence-corrected chi connectivity index (χ1v) is 15.5. The summed E-state index contributed by atoms with van der Waals surface area (Å²) in [7, 11) is 3.60. The third-order valence-corrected chi connectivity index (χ3v) is 8.48. The molecule has 0 bridgehead atoms. The van der Waals surface area contributed by atoms with Gasteiger partial charge in [0.1, 0.15) is 5.75 Å². The van der Waals surface area contributed by atoms with Crippen molar-refractivity contribution in [3.63, 3.8) is 0 Å². The van der Waals surface area contributed by atoms with Crippen molar-refractivity contribution in [1.82, 2.24) is 19.4 Å². The number of aromatic nitrogens is 2. The normalized spacial score (nSPS) is 15.0. The molecule has 1 saturated heterocycles. The van der Waals surface area contributed by atoms with E-state index in [1.165, 1.54) is 5.56 Å². The van der Waals surface area contributed by atoms with Crippen LogP contribution in [0.2, 0.25) is 0 Å². The molecule has 8 heteroatoms. The highest BCUT2D eigenvalue weighted by atomic mass is 16.5. The molecule has 1 fully saturated rings. The number of fused-ring (bicyclic) bond motifs is 1. The van der Waals surface area contributed by atoms with Gasteiger partial charge >= 0.3 is 0 Å². The fourth-order valence-electron chi connectivity index (χ4n) is 5.99. The third kappa shape index (κ3) is 7.94. The number of carbonyl (C=O) groups is 1. The summed E-state index contributed by atoms with van der Waals surface area (Å²) in [5.41, 5.74) is 4.11. The molecule has 3 aromatic carbocycles. The Bertz CT molecular complexity index is 1430. The molecule has 1 aliphatic rings. The van der Waals surface area contributed by atoms with Crippen LogP contribution >= 0.6 is 0 Å². The second-order valence-corrected chi connectivity index (χ2v) is 11.3. The number of carbonyl (C=O) groups excluding carboxylic acids is 1. The fraction of sp³-hybridized carbons (Fsp3) is 0.429. The molecule has 0 aliphatic carbocycles. The highest BCUT2D eigenvalue weighted by molar-refractivity contribution is 5.94. The number of benzene rings is 3. The Morgan fingerprint density at radius 3 is 2.44 bits per heavy atom. The highest BCUT2D eigenvalue weighted by Gasteiger charge is 2.24. The average Bonchev–Trinajstić information content (AvgIpc) is 3.40. The van der Waals surface area contributed by atoms with Gasteiger partial charge in [0.25, 0.3) is 5.91 Å². The molecule has 1 unspecified atom stereocenters. The van der Waals surface area contributed by atoms with Gasteiger partial charge in [0, 0.05) is 57.4 Å². The van der Waals surface area contributed by atoms with Crippen molar-refractivity contribution in [1.29, 1.82) is 0 Å². The lowest BCUT2D eigenvalue weighted by molar-refractivity contribution is 0.0782. The molecule has 0 saturated carbocycles. The number of hydrogen-bond donors (Lipinski definition) is 1. The van der Waals surface area contributed by atoms with Crippen LogP contribution in [0.4, 0.5) is 5.95 Å². The van der Waals surface area contributed by atoms with Crippen molar-refractivity contribution >= 4 is 22.9 Å². The van der Waals surface area contributed by atoms with Crippen LogP contribution in [-0.4, -0.2) is 84.9 Å². The van der Waals surface area contributed by atoms with Crippen LogP contribution in [0.1, 0.15) is 48.0 Å². The minimum absolute atomic E-state index is 0.0540. The van der Waals surface area contributed by atoms with E-state index in [2.05, 4.69) is 45.1 Å². The Morgan fingerprint density at radius 2 is 1.72 bits per heavy atom. The number of nitrogens with one attached hydrogen (secondary N) is 1. The van der Waals surface area contributed by atoms with Gasteiger partial charge in [-0.1, -0.05) is 42.5 Å². The Labute approximate surface area is 255 Å². The summed E-state index contributed by atoms with van der Waals surface area (Å²) in [6, 6.07) is 26.5. The number of rotatable bonds is 14. The summed E-state index contributed by atoms with van der Waals surface area (Å²) < 4.78 is 13.3. The summed E-state index contributed by atoms with van der Waals surface area (Å²) in [5.74, 6) is 2.06. The number of nitrogens with zero attached hydrogens (tertiary/aromatic N) is 4. The molecule has 43 heavy (non-hydrogen) atoms. The van der Waals surface area contributed by atoms with E-state index in [0.717, 1.165) is 73.7 Å². The molecule has 0 spiro atoms. The van der Waals surface area contributed by atoms with E-state index in [1.54, 1.807) is 7.11 Å². The van der Waals surface area contributed by atoms with Crippen molar-refractivity contribution in [3.8, 4) is 5.75 Å². The van der Waals surface area contributed by atoms with Crippen LogP contribution in [-0.2, 0) is 11.3 Å². The number of anilines is 1. The minimum atomic E-state index is 0.0540. The van der Waals surface area contributed by atoms with Crippen LogP contribution in [0.5, 0.6) is 5.75 Å². The van der Waals surface area contributed by atoms with Gasteiger partial charge in [-0.15, -0.1) is 0 Å². The lowest BCUT2D eigenvalue weighted by atomic mass is 9.94. The van der Waals surface area contributed by atoms with E-state index < -0.39 is 0 Å². The Kier molecular flexibility index (Phi) is 10.7. The first-order valence-electron chi connectivity index (χ1n) is 15.5. The number of ether oxygens (including phenoxy) is 2. The molecule has 4 aromatic rings. The molecule has 1 amide bonds. The third-order valence-electron chi connectivity index (χ3n) is 8.48. The zero-order chi connectivity index (χ0) is 30.0. The van der Waals surface area contributed by atoms with Crippen molar-refractivity contribution in [3.05, 3.63) is 90.0 Å². The smallest absolute Gasteiger partial charge is 0.253 e. The molecule has 1 aliphatic heterocycles. The predicted octanol–water partition coefficient (Wildman–Crippen LogP) is 5.90. The minimum Gasteiger partial charge on any atom is -0.497 e. The van der Waals surface area contributed by atoms with Crippen molar-refractivity contribution < 1.29 is 14.3 Å². The highest BCUT2D eigenvalue weighted by Crippen LogP contribution is 2.26. The lowest BCUT2D eigenvalue weighted by Crippen LogP contribution is -2.40. The van der Waals surface area contributed by atoms with E-state index in [9.17, 15) is 4.79 Å². The van der Waals surface area contributed by atoms with Gasteiger partial charge < -0.3 is 29.2 Å². The molecule has 0 radical (unpaired) electrons. The first-order chi connectivity index (χ1) is 21.1. The number of methoxy groups -OCH3 is 1. The van der Waals surface area contributed by atoms with Crippen molar-refractivity contribution in [2.24, 2.45) is 0 Å². The maximum atomic E-state index is 13.1. The quantitative estimate of drug-likeness (QED) is 0.186. The van der Waals surface area contributed by atoms with Crippen molar-refractivity contribution in [2.45, 2.75) is 44.7 Å². The molecular formula is C35H45N5O3. The molecule has 8 nitrogen and oxygen atoms in total. The number of hydrogen-bond acceptors (Lipinski definition) is 6. The van der Waals surface area contributed by atoms with Gasteiger partial charge in [-0.25, -0.2) is 4.98 Å². The van der Waals surface area contributed by atoms with E-state index >= 15 is 0 Å². The maximum Gasteiger partial charge on any atom is 0.253 e. The number of amides is 1. The lowest BCUT2D eigenvalue weighted by Gasteiger charge is -2.34. The summed E-state index contributed by atoms with van der Waals surface area (Å²) in [6.45, 7) is 7.91.